The van der Waals surface area contributed by atoms with Gasteiger partial charge in [0.25, 0.3) is 0 Å². The van der Waals surface area contributed by atoms with E-state index in [9.17, 15) is 4.79 Å². The first-order valence-corrected chi connectivity index (χ1v) is 9.80. The molecule has 0 N–H and O–H groups in total. The number of pyridine rings is 1. The molecular weight excluding hydrogens is 336 g/mol. The second kappa shape index (κ2) is 10.1. The fourth-order valence-electron chi connectivity index (χ4n) is 3.20. The smallest absolute Gasteiger partial charge is 0.222 e. The van der Waals surface area contributed by atoms with Crippen LogP contribution >= 0.6 is 0 Å². The van der Waals surface area contributed by atoms with Crippen molar-refractivity contribution in [3.8, 4) is 5.75 Å². The van der Waals surface area contributed by atoms with Gasteiger partial charge < -0.3 is 9.64 Å². The minimum Gasteiger partial charge on any atom is -0.494 e. The first-order valence-electron chi connectivity index (χ1n) is 9.80. The summed E-state index contributed by atoms with van der Waals surface area (Å²) in [6, 6.07) is 10.5. The summed E-state index contributed by atoms with van der Waals surface area (Å²) in [6.45, 7) is 8.88. The highest BCUT2D eigenvalue weighted by molar-refractivity contribution is 5.76. The molecule has 0 saturated carbocycles. The summed E-state index contributed by atoms with van der Waals surface area (Å²) in [7, 11) is 1.89. The molecule has 0 spiro atoms. The molecule has 2 aromatic rings. The van der Waals surface area contributed by atoms with Crippen LogP contribution in [0.2, 0.25) is 0 Å². The van der Waals surface area contributed by atoms with Crippen molar-refractivity contribution >= 4 is 5.91 Å². The first kappa shape index (κ1) is 20.9. The van der Waals surface area contributed by atoms with Gasteiger partial charge in [0.05, 0.1) is 6.61 Å². The van der Waals surface area contributed by atoms with Crippen molar-refractivity contribution < 1.29 is 9.53 Å². The summed E-state index contributed by atoms with van der Waals surface area (Å²) >= 11 is 0. The van der Waals surface area contributed by atoms with E-state index in [0.29, 0.717) is 13.0 Å². The molecule has 1 aromatic carbocycles. The molecule has 27 heavy (non-hydrogen) atoms. The van der Waals surface area contributed by atoms with Gasteiger partial charge in [0.15, 0.2) is 0 Å². The van der Waals surface area contributed by atoms with Gasteiger partial charge in [-0.05, 0) is 75.4 Å². The molecule has 0 unspecified atom stereocenters. The van der Waals surface area contributed by atoms with E-state index in [1.807, 2.05) is 37.2 Å². The lowest BCUT2D eigenvalue weighted by Gasteiger charge is -2.25. The third kappa shape index (κ3) is 6.38. The largest absolute Gasteiger partial charge is 0.494 e. The minimum atomic E-state index is 0.138. The molecule has 1 heterocycles. The minimum absolute atomic E-state index is 0.138. The number of hydrogen-bond acceptors (Lipinski definition) is 3. The monoisotopic (exact) mass is 368 g/mol. The third-order valence-corrected chi connectivity index (χ3v) is 4.93. The van der Waals surface area contributed by atoms with Gasteiger partial charge in [-0.2, -0.15) is 0 Å². The Balaban J connectivity index is 1.81. The molecule has 0 aliphatic carbocycles. The second-order valence-electron chi connectivity index (χ2n) is 7.27. The summed E-state index contributed by atoms with van der Waals surface area (Å²) in [5.74, 6) is 1.13. The number of hydrogen-bond donors (Lipinski definition) is 0. The van der Waals surface area contributed by atoms with Gasteiger partial charge in [-0.1, -0.05) is 12.1 Å². The summed E-state index contributed by atoms with van der Waals surface area (Å²) in [6.07, 6.45) is 4.93. The van der Waals surface area contributed by atoms with Gasteiger partial charge in [0.1, 0.15) is 5.75 Å². The number of nitrogens with zero attached hydrogens (tertiary/aromatic N) is 2. The predicted molar refractivity (Wildman–Crippen MR) is 110 cm³/mol. The van der Waals surface area contributed by atoms with Crippen LogP contribution < -0.4 is 4.74 Å². The summed E-state index contributed by atoms with van der Waals surface area (Å²) in [5.41, 5.74) is 4.64. The van der Waals surface area contributed by atoms with Crippen LogP contribution in [0.1, 0.15) is 49.1 Å². The summed E-state index contributed by atoms with van der Waals surface area (Å²) in [5, 5.41) is 0. The van der Waals surface area contributed by atoms with Crippen molar-refractivity contribution in [1.82, 2.24) is 9.88 Å². The molecule has 4 heteroatoms. The molecule has 0 saturated heterocycles. The van der Waals surface area contributed by atoms with Crippen LogP contribution in [0.15, 0.2) is 36.5 Å². The molecule has 0 bridgehead atoms. The number of likely N-dealkylation sites (N-methyl/N-ethyl adjacent to an activating group) is 1. The number of carbonyl (C=O) groups excluding carboxylic acids is 1. The quantitative estimate of drug-likeness (QED) is 0.654. The lowest BCUT2D eigenvalue weighted by Crippen LogP contribution is -2.36. The highest BCUT2D eigenvalue weighted by Crippen LogP contribution is 2.20. The van der Waals surface area contributed by atoms with E-state index in [2.05, 4.69) is 44.0 Å². The van der Waals surface area contributed by atoms with Crippen LogP contribution in [0.3, 0.4) is 0 Å². The Morgan fingerprint density at radius 2 is 2.00 bits per heavy atom. The maximum Gasteiger partial charge on any atom is 0.222 e. The molecule has 1 amide bonds. The predicted octanol–water partition coefficient (Wildman–Crippen LogP) is 4.51. The fraction of sp³-hybridized carbons (Fsp3) is 0.478. The van der Waals surface area contributed by atoms with E-state index in [1.165, 1.54) is 11.1 Å². The molecule has 1 atom stereocenters. The van der Waals surface area contributed by atoms with Crippen molar-refractivity contribution in [3.63, 3.8) is 0 Å². The van der Waals surface area contributed by atoms with Crippen LogP contribution in [-0.4, -0.2) is 35.5 Å². The summed E-state index contributed by atoms with van der Waals surface area (Å²) in [4.78, 5) is 18.8. The van der Waals surface area contributed by atoms with Crippen LogP contribution in [0.4, 0.5) is 0 Å². The Bertz CT molecular complexity index is 758. The van der Waals surface area contributed by atoms with Gasteiger partial charge in [-0.3, -0.25) is 9.78 Å². The van der Waals surface area contributed by atoms with Crippen molar-refractivity contribution in [3.05, 3.63) is 58.9 Å². The highest BCUT2D eigenvalue weighted by Gasteiger charge is 2.16. The van der Waals surface area contributed by atoms with Crippen molar-refractivity contribution in [2.24, 2.45) is 0 Å². The molecule has 0 fully saturated rings. The van der Waals surface area contributed by atoms with Gasteiger partial charge in [0.2, 0.25) is 5.91 Å². The number of rotatable bonds is 9. The van der Waals surface area contributed by atoms with E-state index >= 15 is 0 Å². The Morgan fingerprint density at radius 1 is 1.22 bits per heavy atom. The molecule has 2 rings (SSSR count). The maximum absolute atomic E-state index is 12.5. The van der Waals surface area contributed by atoms with E-state index in [-0.39, 0.29) is 11.9 Å². The zero-order valence-electron chi connectivity index (χ0n) is 17.3. The molecule has 0 radical (unpaired) electrons. The normalized spacial score (nSPS) is 11.9. The Kier molecular flexibility index (Phi) is 7.83. The Labute approximate surface area is 163 Å². The fourth-order valence-corrected chi connectivity index (χ4v) is 3.20. The Hall–Kier alpha value is -2.36. The zero-order valence-corrected chi connectivity index (χ0v) is 17.3. The molecule has 146 valence electrons. The number of ether oxygens (including phenoxy) is 1. The van der Waals surface area contributed by atoms with Gasteiger partial charge in [-0.15, -0.1) is 0 Å². The second-order valence-corrected chi connectivity index (χ2v) is 7.27. The van der Waals surface area contributed by atoms with E-state index in [4.69, 9.17) is 4.74 Å². The van der Waals surface area contributed by atoms with E-state index < -0.39 is 0 Å². The molecule has 0 aliphatic heterocycles. The number of benzene rings is 1. The lowest BCUT2D eigenvalue weighted by molar-refractivity contribution is -0.131. The molecular formula is C23H32N2O2. The van der Waals surface area contributed by atoms with Crippen LogP contribution in [0.5, 0.6) is 5.75 Å². The number of amides is 1. The molecule has 0 aliphatic rings. The summed E-state index contributed by atoms with van der Waals surface area (Å²) < 4.78 is 5.58. The molecule has 1 aromatic heterocycles. The van der Waals surface area contributed by atoms with Crippen molar-refractivity contribution in [1.29, 1.82) is 0 Å². The van der Waals surface area contributed by atoms with Crippen molar-refractivity contribution in [2.75, 3.05) is 13.7 Å². The lowest BCUT2D eigenvalue weighted by atomic mass is 10.0. The topological polar surface area (TPSA) is 42.4 Å². The van der Waals surface area contributed by atoms with Crippen molar-refractivity contribution in [2.45, 2.75) is 59.4 Å². The van der Waals surface area contributed by atoms with Crippen LogP contribution in [0.25, 0.3) is 0 Å². The SMILES string of the molecule is CCOc1ccc(CCCC(=O)N(C)[C@@H](C)Cc2cc(C)ccn2)cc1C. The number of carbonyl (C=O) groups is 1. The van der Waals surface area contributed by atoms with Gasteiger partial charge in [-0.25, -0.2) is 0 Å². The third-order valence-electron chi connectivity index (χ3n) is 4.93. The van der Waals surface area contributed by atoms with Crippen LogP contribution in [-0.2, 0) is 17.6 Å². The zero-order chi connectivity index (χ0) is 19.8. The standard InChI is InChI=1S/C23H32N2O2/c1-6-27-22-11-10-20(15-18(22)3)8-7-9-23(26)25(5)19(4)16-21-14-17(2)12-13-24-21/h10-15,19H,6-9,16H2,1-5H3/t19-/m0/s1. The average molecular weight is 369 g/mol. The van der Waals surface area contributed by atoms with E-state index in [1.54, 1.807) is 0 Å². The van der Waals surface area contributed by atoms with Crippen LogP contribution in [0, 0.1) is 13.8 Å². The average Bonchev–Trinajstić information content (AvgIpc) is 2.63. The molecule has 4 nitrogen and oxygen atoms in total. The number of aryl methyl sites for hydroxylation is 3. The number of aromatic nitrogens is 1. The van der Waals surface area contributed by atoms with Gasteiger partial charge >= 0.3 is 0 Å². The van der Waals surface area contributed by atoms with E-state index in [0.717, 1.165) is 36.3 Å². The highest BCUT2D eigenvalue weighted by atomic mass is 16.5. The Morgan fingerprint density at radius 3 is 2.67 bits per heavy atom. The maximum atomic E-state index is 12.5. The first-order chi connectivity index (χ1) is 12.9. The van der Waals surface area contributed by atoms with Gasteiger partial charge in [0, 0.05) is 37.8 Å².